The maximum Gasteiger partial charge on any atom is 0.243 e. The molecule has 3 aliphatic rings. The van der Waals surface area contributed by atoms with E-state index in [4.69, 9.17) is 4.74 Å². The molecule has 3 aliphatic heterocycles. The van der Waals surface area contributed by atoms with Crippen molar-refractivity contribution in [3.05, 3.63) is 23.8 Å². The number of hydrogen-bond acceptors (Lipinski definition) is 4. The molecule has 4 rings (SSSR count). The topological polar surface area (TPSA) is 75.7 Å². The van der Waals surface area contributed by atoms with E-state index in [-0.39, 0.29) is 11.3 Å². The quantitative estimate of drug-likeness (QED) is 0.882. The molecule has 7 heteroatoms. The van der Waals surface area contributed by atoms with Gasteiger partial charge in [0.2, 0.25) is 15.9 Å². The maximum atomic E-state index is 13.1. The van der Waals surface area contributed by atoms with E-state index in [1.54, 1.807) is 22.5 Å². The molecule has 1 atom stereocenters. The monoisotopic (exact) mass is 350 g/mol. The molecule has 0 saturated carbocycles. The molecule has 2 fully saturated rings. The lowest BCUT2D eigenvalue weighted by Gasteiger charge is -2.38. The molecule has 1 amide bonds. The molecule has 24 heavy (non-hydrogen) atoms. The average molecular weight is 350 g/mol. The number of amides is 1. The normalized spacial score (nSPS) is 27.9. The number of aryl methyl sites for hydroxylation is 1. The maximum absolute atomic E-state index is 13.1. The van der Waals surface area contributed by atoms with Crippen LogP contribution in [0, 0.1) is 5.41 Å². The summed E-state index contributed by atoms with van der Waals surface area (Å²) in [5.41, 5.74) is 1.61. The van der Waals surface area contributed by atoms with Crippen molar-refractivity contribution in [2.45, 2.75) is 37.0 Å². The predicted octanol–water partition coefficient (Wildman–Crippen LogP) is 1.76. The fraction of sp³-hybridized carbons (Fsp3) is 0.588. The molecular weight excluding hydrogens is 328 g/mol. The zero-order chi connectivity index (χ0) is 16.8. The number of carbonyl (C=O) groups is 1. The van der Waals surface area contributed by atoms with E-state index in [9.17, 15) is 13.2 Å². The summed E-state index contributed by atoms with van der Waals surface area (Å²) in [6.07, 6.45) is 3.84. The second kappa shape index (κ2) is 5.82. The van der Waals surface area contributed by atoms with Gasteiger partial charge in [0.15, 0.2) is 0 Å². The molecule has 1 N–H and O–H groups in total. The van der Waals surface area contributed by atoms with E-state index in [2.05, 4.69) is 5.32 Å². The molecule has 0 aliphatic carbocycles. The van der Waals surface area contributed by atoms with Crippen molar-refractivity contribution in [3.8, 4) is 0 Å². The second-order valence-corrected chi connectivity index (χ2v) is 9.05. The van der Waals surface area contributed by atoms with E-state index in [0.29, 0.717) is 37.4 Å². The van der Waals surface area contributed by atoms with Crippen LogP contribution in [0.3, 0.4) is 0 Å². The molecule has 6 nitrogen and oxygen atoms in total. The molecule has 0 aromatic heterocycles. The Kier molecular flexibility index (Phi) is 3.89. The van der Waals surface area contributed by atoms with Gasteiger partial charge in [-0.1, -0.05) is 0 Å². The van der Waals surface area contributed by atoms with Crippen LogP contribution in [-0.2, 0) is 26.0 Å². The second-order valence-electron chi connectivity index (χ2n) is 7.11. The minimum atomic E-state index is -3.51. The predicted molar refractivity (Wildman–Crippen MR) is 89.3 cm³/mol. The number of nitrogens with one attached hydrogen (secondary N) is 1. The van der Waals surface area contributed by atoms with Crippen LogP contribution in [0.5, 0.6) is 0 Å². The molecule has 130 valence electrons. The first-order chi connectivity index (χ1) is 11.5. The molecule has 2 saturated heterocycles. The van der Waals surface area contributed by atoms with Crippen LogP contribution in [0.25, 0.3) is 0 Å². The number of sulfonamides is 1. The summed E-state index contributed by atoms with van der Waals surface area (Å²) in [4.78, 5) is 11.8. The van der Waals surface area contributed by atoms with Gasteiger partial charge in [-0.2, -0.15) is 4.31 Å². The summed E-state index contributed by atoms with van der Waals surface area (Å²) in [5.74, 6) is -0.0164. The molecule has 1 aromatic carbocycles. The van der Waals surface area contributed by atoms with Crippen LogP contribution in [0.2, 0.25) is 0 Å². The third kappa shape index (κ3) is 2.74. The summed E-state index contributed by atoms with van der Waals surface area (Å²) in [6.45, 7) is 2.50. The third-order valence-electron chi connectivity index (χ3n) is 5.42. The number of nitrogens with zero attached hydrogens (tertiary/aromatic N) is 1. The molecule has 0 unspecified atom stereocenters. The highest BCUT2D eigenvalue weighted by molar-refractivity contribution is 7.89. The number of hydrogen-bond donors (Lipinski definition) is 1. The third-order valence-corrected chi connectivity index (χ3v) is 7.26. The molecule has 0 radical (unpaired) electrons. The number of carbonyl (C=O) groups excluding carboxylic acids is 1. The van der Waals surface area contributed by atoms with Crippen LogP contribution in [0.1, 0.15) is 31.2 Å². The summed E-state index contributed by atoms with van der Waals surface area (Å²) >= 11 is 0. The van der Waals surface area contributed by atoms with E-state index >= 15 is 0 Å². The van der Waals surface area contributed by atoms with Crippen molar-refractivity contribution in [3.63, 3.8) is 0 Å². The van der Waals surface area contributed by atoms with E-state index in [1.807, 2.05) is 0 Å². The van der Waals surface area contributed by atoms with Gasteiger partial charge < -0.3 is 10.1 Å². The van der Waals surface area contributed by atoms with Gasteiger partial charge in [-0.05, 0) is 49.4 Å². The van der Waals surface area contributed by atoms with Crippen molar-refractivity contribution in [1.82, 2.24) is 4.31 Å². The van der Waals surface area contributed by atoms with Gasteiger partial charge in [0.05, 0.1) is 11.5 Å². The Morgan fingerprint density at radius 3 is 2.88 bits per heavy atom. The first-order valence-electron chi connectivity index (χ1n) is 8.49. The van der Waals surface area contributed by atoms with Gasteiger partial charge in [0.25, 0.3) is 0 Å². The summed E-state index contributed by atoms with van der Waals surface area (Å²) < 4.78 is 33.3. The smallest absolute Gasteiger partial charge is 0.243 e. The van der Waals surface area contributed by atoms with Gasteiger partial charge in [0.1, 0.15) is 0 Å². The number of piperidine rings is 1. The Labute approximate surface area is 142 Å². The van der Waals surface area contributed by atoms with Crippen LogP contribution in [0.4, 0.5) is 5.69 Å². The van der Waals surface area contributed by atoms with Gasteiger partial charge in [-0.3, -0.25) is 4.79 Å². The van der Waals surface area contributed by atoms with E-state index in [0.717, 1.165) is 37.1 Å². The van der Waals surface area contributed by atoms with Crippen molar-refractivity contribution in [1.29, 1.82) is 0 Å². The molecule has 3 heterocycles. The summed E-state index contributed by atoms with van der Waals surface area (Å²) in [6, 6.07) is 5.03. The SMILES string of the molecule is O=C1CCc2cc(S(=O)(=O)N3CCC[C@]4(CCOC4)C3)ccc2N1. The van der Waals surface area contributed by atoms with Gasteiger partial charge in [-0.15, -0.1) is 0 Å². The minimum absolute atomic E-state index is 0.00645. The Morgan fingerprint density at radius 1 is 1.21 bits per heavy atom. The fourth-order valence-electron chi connectivity index (χ4n) is 4.01. The van der Waals surface area contributed by atoms with E-state index in [1.165, 1.54) is 0 Å². The Hall–Kier alpha value is -1.44. The highest BCUT2D eigenvalue weighted by atomic mass is 32.2. The number of benzene rings is 1. The standard InChI is InChI=1S/C17H22N2O4S/c20-16-5-2-13-10-14(3-4-15(13)18-16)24(21,22)19-8-1-6-17(11-19)7-9-23-12-17/h3-4,10H,1-2,5-9,11-12H2,(H,18,20)/t17-/m0/s1. The van der Waals surface area contributed by atoms with Crippen molar-refractivity contribution < 1.29 is 17.9 Å². The number of anilines is 1. The van der Waals surface area contributed by atoms with Gasteiger partial charge in [-0.25, -0.2) is 8.42 Å². The molecule has 1 spiro atoms. The average Bonchev–Trinajstić information content (AvgIpc) is 3.02. The molecule has 1 aromatic rings. The van der Waals surface area contributed by atoms with Gasteiger partial charge in [0, 0.05) is 37.2 Å². The number of rotatable bonds is 2. The highest BCUT2D eigenvalue weighted by Crippen LogP contribution is 2.39. The fourth-order valence-corrected chi connectivity index (χ4v) is 5.65. The number of fused-ring (bicyclic) bond motifs is 1. The van der Waals surface area contributed by atoms with Crippen molar-refractivity contribution in [2.75, 3.05) is 31.6 Å². The first-order valence-corrected chi connectivity index (χ1v) is 9.93. The summed E-state index contributed by atoms with van der Waals surface area (Å²) in [5, 5.41) is 2.79. The Morgan fingerprint density at radius 2 is 2.08 bits per heavy atom. The van der Waals surface area contributed by atoms with Crippen LogP contribution in [-0.4, -0.2) is 44.9 Å². The molecular formula is C17H22N2O4S. The first kappa shape index (κ1) is 16.1. The lowest BCUT2D eigenvalue weighted by Crippen LogP contribution is -2.46. The van der Waals surface area contributed by atoms with E-state index < -0.39 is 10.0 Å². The van der Waals surface area contributed by atoms with Crippen LogP contribution >= 0.6 is 0 Å². The zero-order valence-electron chi connectivity index (χ0n) is 13.6. The van der Waals surface area contributed by atoms with Crippen molar-refractivity contribution in [2.24, 2.45) is 5.41 Å². The number of ether oxygens (including phenoxy) is 1. The summed E-state index contributed by atoms with van der Waals surface area (Å²) in [7, 11) is -3.51. The Balaban J connectivity index is 1.61. The highest BCUT2D eigenvalue weighted by Gasteiger charge is 2.42. The van der Waals surface area contributed by atoms with Gasteiger partial charge >= 0.3 is 0 Å². The largest absolute Gasteiger partial charge is 0.381 e. The van der Waals surface area contributed by atoms with Crippen LogP contribution in [0.15, 0.2) is 23.1 Å². The van der Waals surface area contributed by atoms with Crippen molar-refractivity contribution >= 4 is 21.6 Å². The molecule has 0 bridgehead atoms. The minimum Gasteiger partial charge on any atom is -0.381 e. The lowest BCUT2D eigenvalue weighted by atomic mass is 9.80. The van der Waals surface area contributed by atoms with Crippen LogP contribution < -0.4 is 5.32 Å². The Bertz CT molecular complexity index is 769. The lowest BCUT2D eigenvalue weighted by molar-refractivity contribution is -0.116. The zero-order valence-corrected chi connectivity index (χ0v) is 14.4.